The van der Waals surface area contributed by atoms with Crippen LogP contribution in [0.5, 0.6) is 0 Å². The van der Waals surface area contributed by atoms with E-state index in [9.17, 15) is 4.79 Å². The van der Waals surface area contributed by atoms with Crippen LogP contribution in [-0.4, -0.2) is 37.7 Å². The van der Waals surface area contributed by atoms with Crippen molar-refractivity contribution in [2.24, 2.45) is 0 Å². The topological polar surface area (TPSA) is 114 Å². The average molecular weight is 285 g/mol. The number of aromatic carboxylic acids is 1. The predicted molar refractivity (Wildman–Crippen MR) is 73.0 cm³/mol. The molecule has 0 saturated heterocycles. The molecule has 0 fully saturated rings. The summed E-state index contributed by atoms with van der Waals surface area (Å²) in [5.74, 6) is -0.362. The van der Waals surface area contributed by atoms with Gasteiger partial charge in [-0.05, 0) is 12.1 Å². The van der Waals surface area contributed by atoms with Crippen LogP contribution in [0.25, 0.3) is 10.9 Å². The maximum Gasteiger partial charge on any atom is 0.374 e. The highest BCUT2D eigenvalue weighted by Crippen LogP contribution is 2.20. The molecule has 0 saturated carbocycles. The van der Waals surface area contributed by atoms with Crippen LogP contribution in [0.4, 0.5) is 5.82 Å². The first-order valence-corrected chi connectivity index (χ1v) is 6.23. The van der Waals surface area contributed by atoms with Crippen LogP contribution in [0.2, 0.25) is 0 Å². The van der Waals surface area contributed by atoms with E-state index in [-0.39, 0.29) is 5.82 Å². The lowest BCUT2D eigenvalue weighted by Crippen LogP contribution is -2.11. The zero-order valence-electron chi connectivity index (χ0n) is 10.9. The molecule has 8 heteroatoms. The summed E-state index contributed by atoms with van der Waals surface area (Å²) >= 11 is 0. The van der Waals surface area contributed by atoms with Crippen molar-refractivity contribution in [1.29, 1.82) is 0 Å². The lowest BCUT2D eigenvalue weighted by molar-refractivity contribution is 0.0684. The van der Waals surface area contributed by atoms with E-state index in [1.807, 2.05) is 12.1 Å². The molecule has 0 atom stereocenters. The van der Waals surface area contributed by atoms with Crippen molar-refractivity contribution in [1.82, 2.24) is 20.1 Å². The van der Waals surface area contributed by atoms with Gasteiger partial charge >= 0.3 is 5.97 Å². The van der Waals surface area contributed by atoms with E-state index >= 15 is 0 Å². The van der Waals surface area contributed by atoms with E-state index in [0.29, 0.717) is 30.1 Å². The Kier molecular flexibility index (Phi) is 3.42. The van der Waals surface area contributed by atoms with Crippen LogP contribution < -0.4 is 5.32 Å². The monoisotopic (exact) mass is 285 g/mol. The molecule has 3 aromatic rings. The Hall–Kier alpha value is -3.03. The number of hydrogen-bond donors (Lipinski definition) is 2. The van der Waals surface area contributed by atoms with Crippen LogP contribution in [0.3, 0.4) is 0 Å². The van der Waals surface area contributed by atoms with Crippen LogP contribution >= 0.6 is 0 Å². The molecule has 0 amide bonds. The summed E-state index contributed by atoms with van der Waals surface area (Å²) in [4.78, 5) is 23.0. The van der Waals surface area contributed by atoms with Crippen LogP contribution in [-0.2, 0) is 6.42 Å². The lowest BCUT2D eigenvalue weighted by Gasteiger charge is -2.08. The number of carboxylic acid groups (broad SMARTS) is 1. The van der Waals surface area contributed by atoms with Crippen molar-refractivity contribution < 1.29 is 14.4 Å². The van der Waals surface area contributed by atoms with Gasteiger partial charge in [-0.25, -0.2) is 14.8 Å². The first kappa shape index (κ1) is 13.0. The van der Waals surface area contributed by atoms with E-state index < -0.39 is 5.97 Å². The number of hydrogen-bond acceptors (Lipinski definition) is 7. The number of anilines is 1. The average Bonchev–Trinajstić information content (AvgIpc) is 3.00. The zero-order chi connectivity index (χ0) is 14.7. The smallest absolute Gasteiger partial charge is 0.374 e. The maximum absolute atomic E-state index is 11.1. The Morgan fingerprint density at radius 2 is 2.14 bits per heavy atom. The summed E-state index contributed by atoms with van der Waals surface area (Å²) in [6.07, 6.45) is 1.80. The minimum Gasteiger partial charge on any atom is -0.475 e. The fourth-order valence-electron chi connectivity index (χ4n) is 1.90. The Balaban J connectivity index is 1.87. The van der Waals surface area contributed by atoms with Gasteiger partial charge in [-0.1, -0.05) is 17.3 Å². The Morgan fingerprint density at radius 1 is 1.29 bits per heavy atom. The first-order valence-electron chi connectivity index (χ1n) is 6.23. The van der Waals surface area contributed by atoms with E-state index in [2.05, 4.69) is 29.9 Å². The van der Waals surface area contributed by atoms with Gasteiger partial charge in [0.2, 0.25) is 12.2 Å². The van der Waals surface area contributed by atoms with Crippen molar-refractivity contribution in [2.75, 3.05) is 11.9 Å². The molecule has 21 heavy (non-hydrogen) atoms. The Bertz CT molecular complexity index is 773. The minimum absolute atomic E-state index is 0.240. The Morgan fingerprint density at radius 3 is 2.90 bits per heavy atom. The summed E-state index contributed by atoms with van der Waals surface area (Å²) in [6, 6.07) is 7.21. The predicted octanol–water partition coefficient (Wildman–Crippen LogP) is 1.37. The molecular weight excluding hydrogens is 274 g/mol. The molecule has 2 N–H and O–H groups in total. The molecule has 0 aliphatic carbocycles. The summed E-state index contributed by atoms with van der Waals surface area (Å²) in [6.45, 7) is 0.500. The highest BCUT2D eigenvalue weighted by atomic mass is 16.5. The van der Waals surface area contributed by atoms with Gasteiger partial charge in [0.15, 0.2) is 5.82 Å². The van der Waals surface area contributed by atoms with Gasteiger partial charge in [-0.2, -0.15) is 4.98 Å². The number of para-hydroxylation sites is 1. The van der Waals surface area contributed by atoms with E-state index in [4.69, 9.17) is 5.11 Å². The first-order chi connectivity index (χ1) is 10.2. The molecule has 1 aromatic carbocycles. The fourth-order valence-corrected chi connectivity index (χ4v) is 1.90. The van der Waals surface area contributed by atoms with Gasteiger partial charge in [0, 0.05) is 18.4 Å². The third-order valence-corrected chi connectivity index (χ3v) is 2.84. The molecule has 0 unspecified atom stereocenters. The second-order valence-electron chi connectivity index (χ2n) is 4.24. The second-order valence-corrected chi connectivity index (χ2v) is 4.24. The van der Waals surface area contributed by atoms with Crippen molar-refractivity contribution in [2.45, 2.75) is 6.42 Å². The Labute approximate surface area is 118 Å². The van der Waals surface area contributed by atoms with Gasteiger partial charge in [0.25, 0.3) is 0 Å². The molecule has 2 heterocycles. The number of fused-ring (bicyclic) bond motifs is 1. The van der Waals surface area contributed by atoms with E-state index in [1.54, 1.807) is 12.1 Å². The highest BCUT2D eigenvalue weighted by molar-refractivity contribution is 5.93. The number of carboxylic acids is 1. The molecule has 0 spiro atoms. The van der Waals surface area contributed by atoms with Gasteiger partial charge < -0.3 is 14.9 Å². The fraction of sp³-hybridized carbons (Fsp3) is 0.154. The van der Waals surface area contributed by atoms with Gasteiger partial charge in [0.1, 0.15) is 5.82 Å². The molecule has 0 bridgehead atoms. The quantitative estimate of drug-likeness (QED) is 0.722. The summed E-state index contributed by atoms with van der Waals surface area (Å²) in [5, 5.41) is 16.6. The molecule has 0 radical (unpaired) electrons. The summed E-state index contributed by atoms with van der Waals surface area (Å²) in [5.41, 5.74) is 0.576. The van der Waals surface area contributed by atoms with Crippen LogP contribution in [0.1, 0.15) is 16.4 Å². The zero-order valence-corrected chi connectivity index (χ0v) is 10.9. The van der Waals surface area contributed by atoms with Gasteiger partial charge in [-0.15, -0.1) is 0 Å². The van der Waals surface area contributed by atoms with Gasteiger partial charge in [-0.3, -0.25) is 0 Å². The number of carbonyl (C=O) groups is 1. The third-order valence-electron chi connectivity index (χ3n) is 2.84. The second kappa shape index (κ2) is 5.53. The van der Waals surface area contributed by atoms with Crippen molar-refractivity contribution in [3.63, 3.8) is 0 Å². The number of nitrogens with one attached hydrogen (secondary N) is 1. The number of rotatable bonds is 5. The maximum atomic E-state index is 11.1. The van der Waals surface area contributed by atoms with E-state index in [0.717, 1.165) is 5.39 Å². The summed E-state index contributed by atoms with van der Waals surface area (Å²) in [7, 11) is 0. The minimum atomic E-state index is -1.16. The summed E-state index contributed by atoms with van der Waals surface area (Å²) < 4.78 is 4.65. The number of benzene rings is 1. The lowest BCUT2D eigenvalue weighted by atomic mass is 10.2. The van der Waals surface area contributed by atoms with Crippen molar-refractivity contribution >= 4 is 22.7 Å². The molecule has 0 aliphatic rings. The molecule has 0 aliphatic heterocycles. The largest absolute Gasteiger partial charge is 0.475 e. The van der Waals surface area contributed by atoms with Crippen molar-refractivity contribution in [3.05, 3.63) is 42.3 Å². The SMILES string of the molecule is O=C(O)c1nc(NCCc2ncon2)c2ccccc2n1. The van der Waals surface area contributed by atoms with Gasteiger partial charge in [0.05, 0.1) is 5.52 Å². The van der Waals surface area contributed by atoms with Crippen LogP contribution in [0.15, 0.2) is 35.2 Å². The van der Waals surface area contributed by atoms with E-state index in [1.165, 1.54) is 6.39 Å². The number of nitrogens with zero attached hydrogens (tertiary/aromatic N) is 4. The molecule has 2 aromatic heterocycles. The standard InChI is InChI=1S/C13H11N5O3/c19-13(20)12-16-9-4-2-1-3-8(9)11(17-12)14-6-5-10-15-7-21-18-10/h1-4,7H,5-6H2,(H,19,20)(H,14,16,17). The molecule has 3 rings (SSSR count). The molecule has 106 valence electrons. The molecular formula is C13H11N5O3. The van der Waals surface area contributed by atoms with Crippen LogP contribution in [0, 0.1) is 0 Å². The normalized spacial score (nSPS) is 10.7. The van der Waals surface area contributed by atoms with Crippen molar-refractivity contribution in [3.8, 4) is 0 Å². The molecule has 8 nitrogen and oxygen atoms in total. The number of aromatic nitrogens is 4. The highest BCUT2D eigenvalue weighted by Gasteiger charge is 2.12. The third kappa shape index (κ3) is 2.78.